The van der Waals surface area contributed by atoms with Crippen molar-refractivity contribution in [3.8, 4) is 5.69 Å². The van der Waals surface area contributed by atoms with Crippen LogP contribution < -0.4 is 5.32 Å². The molecule has 2 aromatic rings. The van der Waals surface area contributed by atoms with Crippen molar-refractivity contribution in [1.29, 1.82) is 0 Å². The van der Waals surface area contributed by atoms with Crippen LogP contribution in [0.25, 0.3) is 5.69 Å². The van der Waals surface area contributed by atoms with Gasteiger partial charge in [-0.3, -0.25) is 0 Å². The molecule has 4 nitrogen and oxygen atoms in total. The summed E-state index contributed by atoms with van der Waals surface area (Å²) in [4.78, 5) is 3.97. The Kier molecular flexibility index (Phi) is 4.65. The number of nitrogens with one attached hydrogen (secondary N) is 1. The van der Waals surface area contributed by atoms with Crippen LogP contribution in [0, 0.1) is 5.92 Å². The Bertz CT molecular complexity index is 532. The van der Waals surface area contributed by atoms with E-state index in [0.717, 1.165) is 18.2 Å². The molecule has 1 aromatic heterocycles. The van der Waals surface area contributed by atoms with E-state index in [1.807, 2.05) is 0 Å². The molecule has 0 radical (unpaired) electrons. The molecule has 1 fully saturated rings. The smallest absolute Gasteiger partial charge is 0.138 e. The molecule has 1 saturated carbocycles. The number of nitrogens with zero attached hydrogens (tertiary/aromatic N) is 3. The van der Waals surface area contributed by atoms with E-state index in [1.54, 1.807) is 17.3 Å². The van der Waals surface area contributed by atoms with E-state index in [9.17, 15) is 0 Å². The van der Waals surface area contributed by atoms with E-state index in [1.165, 1.54) is 37.7 Å². The van der Waals surface area contributed by atoms with Crippen molar-refractivity contribution < 1.29 is 0 Å². The van der Waals surface area contributed by atoms with Gasteiger partial charge in [-0.2, -0.15) is 5.10 Å². The van der Waals surface area contributed by atoms with Gasteiger partial charge in [0, 0.05) is 12.6 Å². The van der Waals surface area contributed by atoms with Gasteiger partial charge in [-0.05, 0) is 36.5 Å². The average Bonchev–Trinajstić information content (AvgIpc) is 3.08. The number of hydrogen-bond donors (Lipinski definition) is 1. The fourth-order valence-electron chi connectivity index (χ4n) is 3.22. The third-order valence-electron chi connectivity index (χ3n) is 4.57. The highest BCUT2D eigenvalue weighted by atomic mass is 15.3. The highest BCUT2D eigenvalue weighted by Crippen LogP contribution is 2.26. The number of benzene rings is 1. The van der Waals surface area contributed by atoms with Crippen LogP contribution in [0.2, 0.25) is 0 Å². The van der Waals surface area contributed by atoms with Crippen molar-refractivity contribution in [2.45, 2.75) is 51.6 Å². The maximum Gasteiger partial charge on any atom is 0.138 e. The normalized spacial score (nSPS) is 22.3. The van der Waals surface area contributed by atoms with Crippen LogP contribution in [0.4, 0.5) is 0 Å². The molecule has 0 amide bonds. The molecule has 1 aliphatic rings. The van der Waals surface area contributed by atoms with Gasteiger partial charge in [-0.1, -0.05) is 38.3 Å². The summed E-state index contributed by atoms with van der Waals surface area (Å²) in [7, 11) is 0. The van der Waals surface area contributed by atoms with Gasteiger partial charge in [0.25, 0.3) is 0 Å². The van der Waals surface area contributed by atoms with Crippen LogP contribution in [0.15, 0.2) is 36.9 Å². The van der Waals surface area contributed by atoms with E-state index >= 15 is 0 Å². The molecule has 1 aliphatic carbocycles. The first-order chi connectivity index (χ1) is 10.3. The lowest BCUT2D eigenvalue weighted by Crippen LogP contribution is -2.33. The van der Waals surface area contributed by atoms with Gasteiger partial charge in [0.2, 0.25) is 0 Å². The molecule has 1 aromatic carbocycles. The van der Waals surface area contributed by atoms with E-state index < -0.39 is 0 Å². The maximum atomic E-state index is 4.14. The quantitative estimate of drug-likeness (QED) is 0.916. The molecule has 2 atom stereocenters. The zero-order valence-corrected chi connectivity index (χ0v) is 12.7. The first-order valence-electron chi connectivity index (χ1n) is 8.02. The standard InChI is InChI=1S/C17H24N4/c1-2-14-4-3-5-16(10-14)19-11-15-6-8-17(9-7-15)21-13-18-12-20-21/h6-9,12-14,16,19H,2-5,10-11H2,1H3/t14-,16-/m0/s1. The summed E-state index contributed by atoms with van der Waals surface area (Å²) >= 11 is 0. The molecule has 0 saturated heterocycles. The van der Waals surface area contributed by atoms with E-state index in [0.29, 0.717) is 6.04 Å². The van der Waals surface area contributed by atoms with Gasteiger partial charge in [0.05, 0.1) is 5.69 Å². The van der Waals surface area contributed by atoms with E-state index in [4.69, 9.17) is 0 Å². The van der Waals surface area contributed by atoms with Gasteiger partial charge in [-0.15, -0.1) is 0 Å². The fraction of sp³-hybridized carbons (Fsp3) is 0.529. The third kappa shape index (κ3) is 3.70. The topological polar surface area (TPSA) is 42.7 Å². The van der Waals surface area contributed by atoms with Crippen molar-refractivity contribution in [3.05, 3.63) is 42.5 Å². The summed E-state index contributed by atoms with van der Waals surface area (Å²) in [5, 5.41) is 7.86. The summed E-state index contributed by atoms with van der Waals surface area (Å²) in [5.41, 5.74) is 2.39. The minimum absolute atomic E-state index is 0.693. The maximum absolute atomic E-state index is 4.14. The Balaban J connectivity index is 1.53. The SMILES string of the molecule is CC[C@H]1CCC[C@H](NCc2ccc(-n3cncn3)cc2)C1. The van der Waals surface area contributed by atoms with E-state index in [2.05, 4.69) is 46.6 Å². The molecule has 4 heteroatoms. The van der Waals surface area contributed by atoms with Crippen LogP contribution in [0.3, 0.4) is 0 Å². The van der Waals surface area contributed by atoms with Gasteiger partial charge in [0.1, 0.15) is 12.7 Å². The molecule has 0 bridgehead atoms. The molecular weight excluding hydrogens is 260 g/mol. The predicted octanol–water partition coefficient (Wildman–Crippen LogP) is 3.33. The summed E-state index contributed by atoms with van der Waals surface area (Å²) < 4.78 is 1.78. The van der Waals surface area contributed by atoms with Gasteiger partial charge < -0.3 is 5.32 Å². The third-order valence-corrected chi connectivity index (χ3v) is 4.57. The molecule has 21 heavy (non-hydrogen) atoms. The minimum Gasteiger partial charge on any atom is -0.310 e. The fourth-order valence-corrected chi connectivity index (χ4v) is 3.22. The molecule has 0 aliphatic heterocycles. The monoisotopic (exact) mass is 284 g/mol. The van der Waals surface area contributed by atoms with Crippen LogP contribution >= 0.6 is 0 Å². The zero-order valence-electron chi connectivity index (χ0n) is 12.7. The molecule has 1 N–H and O–H groups in total. The second-order valence-electron chi connectivity index (χ2n) is 6.03. The molecular formula is C17H24N4. The van der Waals surface area contributed by atoms with Crippen LogP contribution in [0.5, 0.6) is 0 Å². The first-order valence-corrected chi connectivity index (χ1v) is 8.02. The molecule has 0 unspecified atom stereocenters. The number of aromatic nitrogens is 3. The first kappa shape index (κ1) is 14.3. The second-order valence-corrected chi connectivity index (χ2v) is 6.03. The summed E-state index contributed by atoms with van der Waals surface area (Å²) in [5.74, 6) is 0.922. The molecule has 3 rings (SSSR count). The van der Waals surface area contributed by atoms with Gasteiger partial charge in [0.15, 0.2) is 0 Å². The Morgan fingerprint density at radius 1 is 1.24 bits per heavy atom. The average molecular weight is 284 g/mol. The van der Waals surface area contributed by atoms with Gasteiger partial charge >= 0.3 is 0 Å². The predicted molar refractivity (Wildman–Crippen MR) is 84.2 cm³/mol. The number of rotatable bonds is 5. The number of hydrogen-bond acceptors (Lipinski definition) is 3. The molecule has 1 heterocycles. The largest absolute Gasteiger partial charge is 0.310 e. The Hall–Kier alpha value is -1.68. The second kappa shape index (κ2) is 6.85. The van der Waals surface area contributed by atoms with Crippen molar-refractivity contribution in [2.75, 3.05) is 0 Å². The van der Waals surface area contributed by atoms with Crippen molar-refractivity contribution in [3.63, 3.8) is 0 Å². The highest BCUT2D eigenvalue weighted by molar-refractivity contribution is 5.33. The molecule has 0 spiro atoms. The zero-order chi connectivity index (χ0) is 14.5. The lowest BCUT2D eigenvalue weighted by molar-refractivity contribution is 0.278. The van der Waals surface area contributed by atoms with Crippen LogP contribution in [-0.4, -0.2) is 20.8 Å². The van der Waals surface area contributed by atoms with E-state index in [-0.39, 0.29) is 0 Å². The van der Waals surface area contributed by atoms with Crippen LogP contribution in [-0.2, 0) is 6.54 Å². The lowest BCUT2D eigenvalue weighted by Gasteiger charge is -2.29. The van der Waals surface area contributed by atoms with Crippen molar-refractivity contribution in [1.82, 2.24) is 20.1 Å². The Morgan fingerprint density at radius 3 is 2.81 bits per heavy atom. The van der Waals surface area contributed by atoms with Crippen molar-refractivity contribution in [2.24, 2.45) is 5.92 Å². The van der Waals surface area contributed by atoms with Crippen LogP contribution in [0.1, 0.15) is 44.6 Å². The summed E-state index contributed by atoms with van der Waals surface area (Å²) in [6.07, 6.45) is 10.1. The molecule has 112 valence electrons. The Labute approximate surface area is 126 Å². The van der Waals surface area contributed by atoms with Gasteiger partial charge in [-0.25, -0.2) is 9.67 Å². The minimum atomic E-state index is 0.693. The van der Waals surface area contributed by atoms with Crippen molar-refractivity contribution >= 4 is 0 Å². The summed E-state index contributed by atoms with van der Waals surface area (Å²) in [6.45, 7) is 3.27. The summed E-state index contributed by atoms with van der Waals surface area (Å²) in [6, 6.07) is 9.23. The Morgan fingerprint density at radius 2 is 2.10 bits per heavy atom. The highest BCUT2D eigenvalue weighted by Gasteiger charge is 2.19. The lowest BCUT2D eigenvalue weighted by atomic mass is 9.84.